The van der Waals surface area contributed by atoms with Gasteiger partial charge < -0.3 is 28.9 Å². The fourth-order valence-corrected chi connectivity index (χ4v) is 3.53. The zero-order valence-electron chi connectivity index (χ0n) is 13.4. The van der Waals surface area contributed by atoms with Crippen molar-refractivity contribution in [3.63, 3.8) is 0 Å². The second kappa shape index (κ2) is 5.64. The summed E-state index contributed by atoms with van der Waals surface area (Å²) in [4.78, 5) is 8.69. The molecule has 1 aliphatic rings. The number of hydrogen-bond donors (Lipinski definition) is 3. The average Bonchev–Trinajstić information content (AvgIpc) is 3.41. The van der Waals surface area contributed by atoms with E-state index >= 15 is 0 Å². The molecule has 26 heavy (non-hydrogen) atoms. The number of aromatic nitrogens is 3. The molecule has 134 valence electrons. The normalized spacial score (nSPS) is 26.3. The second-order valence-corrected chi connectivity index (χ2v) is 6.17. The molecule has 0 aliphatic carbocycles. The molecular weight excluding hydrogens is 342 g/mol. The molecule has 0 unspecified atom stereocenters. The number of ether oxygens (including phenoxy) is 1. The number of furan rings is 2. The molecule has 0 aromatic carbocycles. The van der Waals surface area contributed by atoms with Crippen LogP contribution in [0.5, 0.6) is 0 Å². The Morgan fingerprint density at radius 2 is 2.00 bits per heavy atom. The van der Waals surface area contributed by atoms with Crippen LogP contribution in [-0.2, 0) is 4.74 Å². The van der Waals surface area contributed by atoms with Crippen LogP contribution < -0.4 is 0 Å². The van der Waals surface area contributed by atoms with Crippen molar-refractivity contribution in [3.05, 3.63) is 37.2 Å². The molecule has 4 atom stereocenters. The average molecular weight is 357 g/mol. The van der Waals surface area contributed by atoms with Crippen LogP contribution in [0.15, 0.2) is 46.1 Å². The summed E-state index contributed by atoms with van der Waals surface area (Å²) in [6, 6.07) is 3.51. The Hall–Kier alpha value is -2.72. The highest BCUT2D eigenvalue weighted by atomic mass is 16.6. The van der Waals surface area contributed by atoms with Gasteiger partial charge in [-0.3, -0.25) is 4.57 Å². The van der Waals surface area contributed by atoms with Gasteiger partial charge in [0.05, 0.1) is 42.0 Å². The molecule has 0 bridgehead atoms. The lowest BCUT2D eigenvalue weighted by Crippen LogP contribution is -2.33. The van der Waals surface area contributed by atoms with Gasteiger partial charge in [-0.05, 0) is 6.07 Å². The predicted molar refractivity (Wildman–Crippen MR) is 88.0 cm³/mol. The number of hydrogen-bond acceptors (Lipinski definition) is 8. The lowest BCUT2D eigenvalue weighted by molar-refractivity contribution is -0.0489. The molecule has 5 rings (SSSR count). The molecule has 1 saturated heterocycles. The summed E-state index contributed by atoms with van der Waals surface area (Å²) < 4.78 is 18.1. The van der Waals surface area contributed by atoms with E-state index in [-0.39, 0.29) is 0 Å². The SMILES string of the molecule is OC[C@H]1O[C@@H](n2c3ccoc3c3c(-c4ccoc4)ncnc32)[C@H](O)[C@@H]1O. The summed E-state index contributed by atoms with van der Waals surface area (Å²) in [5, 5.41) is 30.6. The Bertz CT molecular complexity index is 1070. The molecule has 0 saturated carbocycles. The molecule has 5 heterocycles. The van der Waals surface area contributed by atoms with Crippen LogP contribution in [-0.4, -0.2) is 54.8 Å². The first kappa shape index (κ1) is 15.5. The van der Waals surface area contributed by atoms with Crippen molar-refractivity contribution in [1.82, 2.24) is 14.5 Å². The third-order valence-electron chi connectivity index (χ3n) is 4.75. The quantitative estimate of drug-likeness (QED) is 0.496. The molecule has 4 aromatic heterocycles. The zero-order chi connectivity index (χ0) is 17.8. The number of aliphatic hydroxyl groups excluding tert-OH is 3. The smallest absolute Gasteiger partial charge is 0.165 e. The lowest BCUT2D eigenvalue weighted by atomic mass is 10.1. The lowest BCUT2D eigenvalue weighted by Gasteiger charge is -2.18. The van der Waals surface area contributed by atoms with E-state index in [1.54, 1.807) is 29.2 Å². The molecule has 1 aliphatic heterocycles. The zero-order valence-corrected chi connectivity index (χ0v) is 13.4. The summed E-state index contributed by atoms with van der Waals surface area (Å²) in [7, 11) is 0. The van der Waals surface area contributed by atoms with E-state index in [2.05, 4.69) is 9.97 Å². The van der Waals surface area contributed by atoms with E-state index in [0.29, 0.717) is 27.8 Å². The van der Waals surface area contributed by atoms with E-state index < -0.39 is 31.1 Å². The van der Waals surface area contributed by atoms with Crippen molar-refractivity contribution in [3.8, 4) is 11.3 Å². The fourth-order valence-electron chi connectivity index (χ4n) is 3.53. The van der Waals surface area contributed by atoms with Gasteiger partial charge in [0.2, 0.25) is 0 Å². The van der Waals surface area contributed by atoms with Crippen LogP contribution >= 0.6 is 0 Å². The number of rotatable bonds is 3. The molecule has 0 radical (unpaired) electrons. The molecule has 1 fully saturated rings. The minimum atomic E-state index is -1.23. The van der Waals surface area contributed by atoms with Crippen LogP contribution in [0.4, 0.5) is 0 Å². The summed E-state index contributed by atoms with van der Waals surface area (Å²) in [5.74, 6) is 0. The predicted octanol–water partition coefficient (Wildman–Crippen LogP) is 1.05. The van der Waals surface area contributed by atoms with Crippen LogP contribution in [0.3, 0.4) is 0 Å². The van der Waals surface area contributed by atoms with Gasteiger partial charge in [-0.15, -0.1) is 0 Å². The van der Waals surface area contributed by atoms with Gasteiger partial charge in [0.25, 0.3) is 0 Å². The third kappa shape index (κ3) is 1.99. The summed E-state index contributed by atoms with van der Waals surface area (Å²) >= 11 is 0. The topological polar surface area (TPSA) is 127 Å². The van der Waals surface area contributed by atoms with Gasteiger partial charge in [-0.1, -0.05) is 0 Å². The molecule has 3 N–H and O–H groups in total. The number of aliphatic hydroxyl groups is 3. The first-order chi connectivity index (χ1) is 12.7. The fraction of sp³-hybridized carbons (Fsp3) is 0.294. The maximum Gasteiger partial charge on any atom is 0.165 e. The van der Waals surface area contributed by atoms with Crippen LogP contribution in [0, 0.1) is 0 Å². The third-order valence-corrected chi connectivity index (χ3v) is 4.75. The van der Waals surface area contributed by atoms with Crippen molar-refractivity contribution >= 4 is 22.1 Å². The largest absolute Gasteiger partial charge is 0.472 e. The molecule has 0 amide bonds. The van der Waals surface area contributed by atoms with Crippen LogP contribution in [0.25, 0.3) is 33.4 Å². The van der Waals surface area contributed by atoms with E-state index in [1.165, 1.54) is 12.6 Å². The monoisotopic (exact) mass is 357 g/mol. The Morgan fingerprint density at radius 1 is 1.12 bits per heavy atom. The van der Waals surface area contributed by atoms with Crippen molar-refractivity contribution in [2.75, 3.05) is 6.61 Å². The maximum absolute atomic E-state index is 10.4. The molecule has 4 aromatic rings. The summed E-state index contributed by atoms with van der Waals surface area (Å²) in [6.45, 7) is -0.405. The van der Waals surface area contributed by atoms with E-state index in [4.69, 9.17) is 13.6 Å². The first-order valence-corrected chi connectivity index (χ1v) is 8.08. The Labute approximate surface area is 146 Å². The van der Waals surface area contributed by atoms with Crippen molar-refractivity contribution < 1.29 is 28.9 Å². The van der Waals surface area contributed by atoms with Gasteiger partial charge in [0.1, 0.15) is 24.6 Å². The minimum absolute atomic E-state index is 0.405. The molecule has 9 heteroatoms. The Kier molecular flexibility index (Phi) is 3.37. The van der Waals surface area contributed by atoms with Gasteiger partial charge in [-0.2, -0.15) is 0 Å². The standard InChI is InChI=1S/C17H15N3O6/c21-5-10-13(22)14(23)17(26-10)20-9-2-4-25-15(9)11-12(8-1-3-24-6-8)18-7-19-16(11)20/h1-4,6-7,10,13-14,17,21-23H,5H2/t10-,13-,14-,17-/m1/s1. The minimum Gasteiger partial charge on any atom is -0.472 e. The summed E-state index contributed by atoms with van der Waals surface area (Å²) in [6.07, 6.45) is 1.80. The van der Waals surface area contributed by atoms with E-state index in [1.807, 2.05) is 0 Å². The first-order valence-electron chi connectivity index (χ1n) is 8.08. The van der Waals surface area contributed by atoms with Crippen LogP contribution in [0.2, 0.25) is 0 Å². The van der Waals surface area contributed by atoms with Gasteiger partial charge in [0.15, 0.2) is 17.5 Å². The van der Waals surface area contributed by atoms with Gasteiger partial charge in [0, 0.05) is 11.6 Å². The highest BCUT2D eigenvalue weighted by molar-refractivity contribution is 6.09. The van der Waals surface area contributed by atoms with Crippen molar-refractivity contribution in [2.24, 2.45) is 0 Å². The molecule has 0 spiro atoms. The number of nitrogens with zero attached hydrogens (tertiary/aromatic N) is 3. The van der Waals surface area contributed by atoms with Crippen molar-refractivity contribution in [2.45, 2.75) is 24.5 Å². The molecule has 9 nitrogen and oxygen atoms in total. The maximum atomic E-state index is 10.4. The molecular formula is C17H15N3O6. The number of fused-ring (bicyclic) bond motifs is 3. The van der Waals surface area contributed by atoms with Crippen LogP contribution in [0.1, 0.15) is 6.23 Å². The highest BCUT2D eigenvalue weighted by Crippen LogP contribution is 2.40. The van der Waals surface area contributed by atoms with Crippen molar-refractivity contribution in [1.29, 1.82) is 0 Å². The second-order valence-electron chi connectivity index (χ2n) is 6.17. The highest BCUT2D eigenvalue weighted by Gasteiger charge is 2.44. The van der Waals surface area contributed by atoms with E-state index in [9.17, 15) is 15.3 Å². The van der Waals surface area contributed by atoms with Gasteiger partial charge >= 0.3 is 0 Å². The van der Waals surface area contributed by atoms with Gasteiger partial charge in [-0.25, -0.2) is 9.97 Å². The van der Waals surface area contributed by atoms with E-state index in [0.717, 1.165) is 5.56 Å². The Balaban J connectivity index is 1.78. The Morgan fingerprint density at radius 3 is 2.73 bits per heavy atom. The summed E-state index contributed by atoms with van der Waals surface area (Å²) in [5.41, 5.74) is 3.04.